The standard InChI is InChI=1S/C10H14O4/c1-5-3-10(2)4-6(9(13)14-10)7(5)8(11)12/h5-7H,3-4H2,1-2H3,(H,11,12)/t5-,6-,7+,10+/m0/s1. The van der Waals surface area contributed by atoms with Gasteiger partial charge in [-0.3, -0.25) is 9.59 Å². The summed E-state index contributed by atoms with van der Waals surface area (Å²) in [6.45, 7) is 3.77. The Morgan fingerprint density at radius 3 is 2.79 bits per heavy atom. The van der Waals surface area contributed by atoms with Crippen molar-refractivity contribution in [1.82, 2.24) is 0 Å². The summed E-state index contributed by atoms with van der Waals surface area (Å²) in [5.74, 6) is -2.17. The first-order valence-electron chi connectivity index (χ1n) is 4.89. The quantitative estimate of drug-likeness (QED) is 0.639. The molecule has 0 aromatic heterocycles. The van der Waals surface area contributed by atoms with E-state index in [1.165, 1.54) is 0 Å². The highest BCUT2D eigenvalue weighted by molar-refractivity contribution is 5.83. The Morgan fingerprint density at radius 1 is 1.57 bits per heavy atom. The molecule has 2 rings (SSSR count). The fourth-order valence-electron chi connectivity index (χ4n) is 2.93. The molecular formula is C10H14O4. The lowest BCUT2D eigenvalue weighted by atomic mass is 9.69. The lowest BCUT2D eigenvalue weighted by molar-refractivity contribution is -0.152. The summed E-state index contributed by atoms with van der Waals surface area (Å²) in [4.78, 5) is 22.4. The van der Waals surface area contributed by atoms with E-state index in [-0.39, 0.29) is 11.9 Å². The minimum Gasteiger partial charge on any atom is -0.481 e. The maximum Gasteiger partial charge on any atom is 0.310 e. The molecule has 0 aromatic carbocycles. The number of ether oxygens (including phenoxy) is 1. The molecule has 0 spiro atoms. The van der Waals surface area contributed by atoms with Crippen LogP contribution in [0.4, 0.5) is 0 Å². The first-order valence-corrected chi connectivity index (χ1v) is 4.89. The molecule has 4 atom stereocenters. The lowest BCUT2D eigenvalue weighted by Gasteiger charge is -2.33. The molecule has 1 saturated heterocycles. The first-order chi connectivity index (χ1) is 6.43. The van der Waals surface area contributed by atoms with E-state index in [0.29, 0.717) is 12.8 Å². The molecule has 1 aliphatic heterocycles. The van der Waals surface area contributed by atoms with Crippen molar-refractivity contribution in [2.24, 2.45) is 17.8 Å². The summed E-state index contributed by atoms with van der Waals surface area (Å²) in [5.41, 5.74) is -0.410. The molecule has 0 aromatic rings. The summed E-state index contributed by atoms with van der Waals surface area (Å²) in [6.07, 6.45) is 1.22. The number of carboxylic acid groups (broad SMARTS) is 1. The zero-order valence-electron chi connectivity index (χ0n) is 8.32. The summed E-state index contributed by atoms with van der Waals surface area (Å²) < 4.78 is 5.22. The summed E-state index contributed by atoms with van der Waals surface area (Å²) in [6, 6.07) is 0. The van der Waals surface area contributed by atoms with Gasteiger partial charge in [0.2, 0.25) is 0 Å². The third-order valence-electron chi connectivity index (χ3n) is 3.39. The van der Waals surface area contributed by atoms with E-state index in [4.69, 9.17) is 9.84 Å². The largest absolute Gasteiger partial charge is 0.481 e. The van der Waals surface area contributed by atoms with Crippen LogP contribution in [-0.4, -0.2) is 22.6 Å². The number of esters is 1. The Labute approximate surface area is 82.2 Å². The van der Waals surface area contributed by atoms with Crippen molar-refractivity contribution >= 4 is 11.9 Å². The smallest absolute Gasteiger partial charge is 0.310 e. The van der Waals surface area contributed by atoms with Gasteiger partial charge in [-0.1, -0.05) is 6.92 Å². The topological polar surface area (TPSA) is 63.6 Å². The molecule has 14 heavy (non-hydrogen) atoms. The Kier molecular flexibility index (Phi) is 1.84. The molecule has 4 nitrogen and oxygen atoms in total. The molecule has 1 aliphatic carbocycles. The average molecular weight is 198 g/mol. The predicted molar refractivity (Wildman–Crippen MR) is 47.5 cm³/mol. The highest BCUT2D eigenvalue weighted by atomic mass is 16.6. The third kappa shape index (κ3) is 1.21. The summed E-state index contributed by atoms with van der Waals surface area (Å²) in [7, 11) is 0. The number of hydrogen-bond acceptors (Lipinski definition) is 3. The molecule has 1 saturated carbocycles. The maximum atomic E-state index is 11.4. The van der Waals surface area contributed by atoms with Crippen molar-refractivity contribution < 1.29 is 19.4 Å². The van der Waals surface area contributed by atoms with Gasteiger partial charge >= 0.3 is 11.9 Å². The normalized spacial score (nSPS) is 46.1. The van der Waals surface area contributed by atoms with Crippen LogP contribution in [0.2, 0.25) is 0 Å². The van der Waals surface area contributed by atoms with E-state index < -0.39 is 23.4 Å². The number of carbonyl (C=O) groups is 2. The third-order valence-corrected chi connectivity index (χ3v) is 3.39. The highest BCUT2D eigenvalue weighted by Gasteiger charge is 2.55. The molecule has 2 fully saturated rings. The van der Waals surface area contributed by atoms with Crippen molar-refractivity contribution in [3.05, 3.63) is 0 Å². The molecule has 0 amide bonds. The van der Waals surface area contributed by atoms with E-state index in [1.54, 1.807) is 0 Å². The second-order valence-corrected chi connectivity index (χ2v) is 4.73. The second kappa shape index (κ2) is 2.72. The zero-order chi connectivity index (χ0) is 10.5. The number of carboxylic acids is 1. The van der Waals surface area contributed by atoms with Gasteiger partial charge in [0.05, 0.1) is 11.8 Å². The number of carbonyl (C=O) groups excluding carboxylic acids is 1. The molecule has 4 heteroatoms. The Hall–Kier alpha value is -1.06. The monoisotopic (exact) mass is 198 g/mol. The minimum atomic E-state index is -0.872. The van der Waals surface area contributed by atoms with Gasteiger partial charge in [-0.15, -0.1) is 0 Å². The van der Waals surface area contributed by atoms with Crippen LogP contribution < -0.4 is 0 Å². The van der Waals surface area contributed by atoms with Gasteiger partial charge in [0.25, 0.3) is 0 Å². The summed E-state index contributed by atoms with van der Waals surface area (Å²) in [5, 5.41) is 9.02. The van der Waals surface area contributed by atoms with Gasteiger partial charge in [-0.25, -0.2) is 0 Å². The molecule has 0 radical (unpaired) electrons. The van der Waals surface area contributed by atoms with Crippen molar-refractivity contribution in [2.45, 2.75) is 32.3 Å². The van der Waals surface area contributed by atoms with E-state index >= 15 is 0 Å². The van der Waals surface area contributed by atoms with Crippen LogP contribution in [0.1, 0.15) is 26.7 Å². The highest BCUT2D eigenvalue weighted by Crippen LogP contribution is 2.48. The number of hydrogen-bond donors (Lipinski definition) is 1. The summed E-state index contributed by atoms with van der Waals surface area (Å²) >= 11 is 0. The van der Waals surface area contributed by atoms with Crippen LogP contribution in [0.25, 0.3) is 0 Å². The minimum absolute atomic E-state index is 0.0164. The van der Waals surface area contributed by atoms with Gasteiger partial charge < -0.3 is 9.84 Å². The fraction of sp³-hybridized carbons (Fsp3) is 0.800. The molecule has 2 aliphatic rings. The molecule has 78 valence electrons. The van der Waals surface area contributed by atoms with E-state index in [1.807, 2.05) is 13.8 Å². The van der Waals surface area contributed by atoms with Crippen molar-refractivity contribution in [1.29, 1.82) is 0 Å². The van der Waals surface area contributed by atoms with Crippen molar-refractivity contribution in [2.75, 3.05) is 0 Å². The van der Waals surface area contributed by atoms with Gasteiger partial charge in [0, 0.05) is 6.42 Å². The Morgan fingerprint density at radius 2 is 2.21 bits per heavy atom. The van der Waals surface area contributed by atoms with Crippen LogP contribution in [0.15, 0.2) is 0 Å². The van der Waals surface area contributed by atoms with E-state index in [2.05, 4.69) is 0 Å². The molecule has 2 bridgehead atoms. The van der Waals surface area contributed by atoms with Crippen LogP contribution >= 0.6 is 0 Å². The Balaban J connectivity index is 2.31. The second-order valence-electron chi connectivity index (χ2n) is 4.73. The van der Waals surface area contributed by atoms with Gasteiger partial charge in [0.15, 0.2) is 0 Å². The number of rotatable bonds is 1. The van der Waals surface area contributed by atoms with Crippen molar-refractivity contribution in [3.63, 3.8) is 0 Å². The molecule has 0 unspecified atom stereocenters. The predicted octanol–water partition coefficient (Wildman–Crippen LogP) is 1.05. The average Bonchev–Trinajstić information content (AvgIpc) is 2.21. The van der Waals surface area contributed by atoms with Gasteiger partial charge in [-0.2, -0.15) is 0 Å². The SMILES string of the molecule is C[C@H]1C[C@]2(C)C[C@H](C(=O)O2)[C@@H]1C(=O)O. The zero-order valence-corrected chi connectivity index (χ0v) is 8.32. The Bertz CT molecular complexity index is 298. The van der Waals surface area contributed by atoms with Crippen LogP contribution in [0, 0.1) is 17.8 Å². The molecule has 1 N–H and O–H groups in total. The van der Waals surface area contributed by atoms with E-state index in [0.717, 1.165) is 0 Å². The number of fused-ring (bicyclic) bond motifs is 2. The van der Waals surface area contributed by atoms with Crippen molar-refractivity contribution in [3.8, 4) is 0 Å². The number of aliphatic carboxylic acids is 1. The van der Waals surface area contributed by atoms with Gasteiger partial charge in [0.1, 0.15) is 5.60 Å². The lowest BCUT2D eigenvalue weighted by Crippen LogP contribution is -2.39. The van der Waals surface area contributed by atoms with Crippen LogP contribution in [0.3, 0.4) is 0 Å². The first kappa shape index (κ1) is 9.49. The molecule has 1 heterocycles. The van der Waals surface area contributed by atoms with E-state index in [9.17, 15) is 9.59 Å². The maximum absolute atomic E-state index is 11.4. The van der Waals surface area contributed by atoms with Crippen LogP contribution in [-0.2, 0) is 14.3 Å². The van der Waals surface area contributed by atoms with Crippen LogP contribution in [0.5, 0.6) is 0 Å². The molecular weight excluding hydrogens is 184 g/mol. The van der Waals surface area contributed by atoms with Gasteiger partial charge in [-0.05, 0) is 19.3 Å². The fourth-order valence-corrected chi connectivity index (χ4v) is 2.93.